The van der Waals surface area contributed by atoms with Crippen molar-refractivity contribution in [2.75, 3.05) is 53.7 Å². The number of morpholine rings is 1. The fourth-order valence-corrected chi connectivity index (χ4v) is 4.57. The Kier molecular flexibility index (Phi) is 9.10. The van der Waals surface area contributed by atoms with Crippen LogP contribution in [0.5, 0.6) is 11.5 Å². The number of nitrogens with zero attached hydrogens (tertiary/aromatic N) is 2. The minimum Gasteiger partial charge on any atom is -0.493 e. The monoisotopic (exact) mass is 494 g/mol. The highest BCUT2D eigenvalue weighted by molar-refractivity contribution is 8.26. The average molecular weight is 495 g/mol. The van der Waals surface area contributed by atoms with Gasteiger partial charge in [-0.2, -0.15) is 0 Å². The van der Waals surface area contributed by atoms with E-state index in [0.717, 1.165) is 5.56 Å². The van der Waals surface area contributed by atoms with E-state index in [1.165, 1.54) is 30.9 Å². The summed E-state index contributed by atoms with van der Waals surface area (Å²) in [5, 5.41) is 0. The third-order valence-electron chi connectivity index (χ3n) is 5.06. The summed E-state index contributed by atoms with van der Waals surface area (Å²) in [6.45, 7) is 2.42. The molecule has 0 unspecified atom stereocenters. The minimum atomic E-state index is -0.322. The number of amides is 2. The molecule has 1 aromatic rings. The van der Waals surface area contributed by atoms with Gasteiger partial charge in [-0.3, -0.25) is 19.3 Å². The molecule has 2 amide bonds. The van der Waals surface area contributed by atoms with Crippen LogP contribution in [0.15, 0.2) is 23.1 Å². The van der Waals surface area contributed by atoms with Crippen molar-refractivity contribution in [2.45, 2.75) is 12.8 Å². The Hall–Kier alpha value is -2.63. The van der Waals surface area contributed by atoms with Crippen LogP contribution in [0.3, 0.4) is 0 Å². The van der Waals surface area contributed by atoms with Crippen LogP contribution in [-0.2, 0) is 23.9 Å². The summed E-state index contributed by atoms with van der Waals surface area (Å²) in [7, 11) is 2.84. The Labute approximate surface area is 202 Å². The number of hydrogen-bond acceptors (Lipinski definition) is 9. The van der Waals surface area contributed by atoms with Gasteiger partial charge in [-0.05, 0) is 30.2 Å². The highest BCUT2D eigenvalue weighted by Gasteiger charge is 2.31. The van der Waals surface area contributed by atoms with E-state index in [4.69, 9.17) is 26.4 Å². The number of esters is 1. The molecule has 9 nitrogen and oxygen atoms in total. The van der Waals surface area contributed by atoms with E-state index in [1.54, 1.807) is 29.2 Å². The summed E-state index contributed by atoms with van der Waals surface area (Å²) in [5.41, 5.74) is 0.730. The second-order valence-electron chi connectivity index (χ2n) is 7.21. The Balaban J connectivity index is 1.62. The van der Waals surface area contributed by atoms with Crippen molar-refractivity contribution in [3.05, 3.63) is 28.7 Å². The standard InChI is InChI=1S/C22H26N2O7S2/c1-28-17-12-15(5-6-16(17)31-14-19(25)23-8-10-30-11-9-23)13-18-21(27)24(22(32)33-18)7-3-4-20(26)29-2/h5-6,12-13H,3-4,7-11,14H2,1-2H3/b18-13+. The van der Waals surface area contributed by atoms with E-state index in [0.29, 0.717) is 60.0 Å². The highest BCUT2D eigenvalue weighted by Crippen LogP contribution is 2.35. The van der Waals surface area contributed by atoms with Crippen LogP contribution in [0.4, 0.5) is 0 Å². The zero-order valence-electron chi connectivity index (χ0n) is 18.5. The molecule has 0 aliphatic carbocycles. The molecule has 2 fully saturated rings. The van der Waals surface area contributed by atoms with Gasteiger partial charge in [0, 0.05) is 26.1 Å². The van der Waals surface area contributed by atoms with Crippen LogP contribution in [0.1, 0.15) is 18.4 Å². The van der Waals surface area contributed by atoms with Crippen LogP contribution in [0.25, 0.3) is 6.08 Å². The first kappa shape index (κ1) is 25.0. The van der Waals surface area contributed by atoms with Crippen LogP contribution in [0, 0.1) is 0 Å². The van der Waals surface area contributed by atoms with Crippen LogP contribution >= 0.6 is 24.0 Å². The third kappa shape index (κ3) is 6.68. The molecule has 0 bridgehead atoms. The van der Waals surface area contributed by atoms with Crippen molar-refractivity contribution in [2.24, 2.45) is 0 Å². The van der Waals surface area contributed by atoms with E-state index in [9.17, 15) is 14.4 Å². The van der Waals surface area contributed by atoms with Crippen molar-refractivity contribution in [3.63, 3.8) is 0 Å². The molecule has 0 atom stereocenters. The molecule has 2 saturated heterocycles. The predicted molar refractivity (Wildman–Crippen MR) is 127 cm³/mol. The Bertz CT molecular complexity index is 945. The molecule has 0 N–H and O–H groups in total. The number of carbonyl (C=O) groups excluding carboxylic acids is 3. The van der Waals surface area contributed by atoms with Gasteiger partial charge in [-0.15, -0.1) is 0 Å². The maximum Gasteiger partial charge on any atom is 0.305 e. The maximum absolute atomic E-state index is 12.7. The minimum absolute atomic E-state index is 0.0973. The number of hydrogen-bond donors (Lipinski definition) is 0. The zero-order chi connectivity index (χ0) is 23.8. The molecule has 178 valence electrons. The first-order valence-electron chi connectivity index (χ1n) is 10.4. The topological polar surface area (TPSA) is 94.6 Å². The largest absolute Gasteiger partial charge is 0.493 e. The van der Waals surface area contributed by atoms with Crippen LogP contribution < -0.4 is 9.47 Å². The molecular weight excluding hydrogens is 468 g/mol. The molecule has 0 spiro atoms. The van der Waals surface area contributed by atoms with Crippen molar-refractivity contribution in [1.82, 2.24) is 9.80 Å². The van der Waals surface area contributed by atoms with E-state index in [-0.39, 0.29) is 30.8 Å². The van der Waals surface area contributed by atoms with Crippen molar-refractivity contribution in [1.29, 1.82) is 0 Å². The first-order valence-corrected chi connectivity index (χ1v) is 11.6. The molecule has 2 aliphatic rings. The van der Waals surface area contributed by atoms with E-state index < -0.39 is 0 Å². The van der Waals surface area contributed by atoms with E-state index >= 15 is 0 Å². The third-order valence-corrected chi connectivity index (χ3v) is 6.44. The number of carbonyl (C=O) groups is 3. The van der Waals surface area contributed by atoms with Gasteiger partial charge in [0.05, 0.1) is 32.3 Å². The summed E-state index contributed by atoms with van der Waals surface area (Å²) >= 11 is 6.53. The molecule has 0 saturated carbocycles. The number of methoxy groups -OCH3 is 2. The van der Waals surface area contributed by atoms with Gasteiger partial charge in [0.2, 0.25) is 0 Å². The molecule has 3 rings (SSSR count). The average Bonchev–Trinajstić information content (AvgIpc) is 3.10. The normalized spacial score (nSPS) is 17.5. The summed E-state index contributed by atoms with van der Waals surface area (Å²) in [5.74, 6) is 0.251. The van der Waals surface area contributed by atoms with E-state index in [1.807, 2.05) is 0 Å². The SMILES string of the molecule is COC(=O)CCCN1C(=O)/C(=C\c2ccc(OCC(=O)N3CCOCC3)c(OC)c2)SC1=S. The van der Waals surface area contributed by atoms with Crippen molar-refractivity contribution < 1.29 is 33.3 Å². The molecule has 2 aliphatic heterocycles. The zero-order valence-corrected chi connectivity index (χ0v) is 20.2. The van der Waals surface area contributed by atoms with Gasteiger partial charge in [0.25, 0.3) is 11.8 Å². The van der Waals surface area contributed by atoms with Gasteiger partial charge in [0.15, 0.2) is 18.1 Å². The van der Waals surface area contributed by atoms with E-state index in [2.05, 4.69) is 4.74 Å². The molecule has 33 heavy (non-hydrogen) atoms. The Morgan fingerprint density at radius 3 is 2.67 bits per heavy atom. The van der Waals surface area contributed by atoms with Crippen molar-refractivity contribution in [3.8, 4) is 11.5 Å². The first-order chi connectivity index (χ1) is 15.9. The molecular formula is C22H26N2O7S2. The van der Waals surface area contributed by atoms with Crippen LogP contribution in [0.2, 0.25) is 0 Å². The number of thioether (sulfide) groups is 1. The fraction of sp³-hybridized carbons (Fsp3) is 0.455. The summed E-state index contributed by atoms with van der Waals surface area (Å²) in [6.07, 6.45) is 2.42. The predicted octanol–water partition coefficient (Wildman–Crippen LogP) is 2.09. The van der Waals surface area contributed by atoms with Crippen LogP contribution in [-0.4, -0.2) is 85.6 Å². The van der Waals surface area contributed by atoms with Gasteiger partial charge in [0.1, 0.15) is 4.32 Å². The smallest absolute Gasteiger partial charge is 0.305 e. The lowest BCUT2D eigenvalue weighted by atomic mass is 10.2. The molecule has 0 aromatic heterocycles. The van der Waals surface area contributed by atoms with Crippen molar-refractivity contribution >= 4 is 52.2 Å². The molecule has 11 heteroatoms. The summed E-state index contributed by atoms with van der Waals surface area (Å²) < 4.78 is 21.4. The number of rotatable bonds is 9. The van der Waals surface area contributed by atoms with Gasteiger partial charge in [-0.1, -0.05) is 30.0 Å². The quantitative estimate of drug-likeness (QED) is 0.291. The van der Waals surface area contributed by atoms with Gasteiger partial charge >= 0.3 is 5.97 Å². The maximum atomic E-state index is 12.7. The summed E-state index contributed by atoms with van der Waals surface area (Å²) in [4.78, 5) is 40.0. The second kappa shape index (κ2) is 12.0. The summed E-state index contributed by atoms with van der Waals surface area (Å²) in [6, 6.07) is 5.22. The number of thiocarbonyl (C=S) groups is 1. The molecule has 1 aromatic carbocycles. The highest BCUT2D eigenvalue weighted by atomic mass is 32.2. The lowest BCUT2D eigenvalue weighted by Crippen LogP contribution is -2.43. The lowest BCUT2D eigenvalue weighted by Gasteiger charge is -2.26. The molecule has 2 heterocycles. The Morgan fingerprint density at radius 1 is 1.21 bits per heavy atom. The lowest BCUT2D eigenvalue weighted by molar-refractivity contribution is -0.141. The number of benzene rings is 1. The van der Waals surface area contributed by atoms with Gasteiger partial charge in [-0.25, -0.2) is 0 Å². The second-order valence-corrected chi connectivity index (χ2v) is 8.88. The van der Waals surface area contributed by atoms with Gasteiger partial charge < -0.3 is 23.8 Å². The number of ether oxygens (including phenoxy) is 4. The fourth-order valence-electron chi connectivity index (χ4n) is 3.26. The Morgan fingerprint density at radius 2 is 1.97 bits per heavy atom. The molecule has 0 radical (unpaired) electrons.